The number of halogens is 1. The normalized spacial score (nSPS) is 12.2. The van der Waals surface area contributed by atoms with Crippen LogP contribution >= 0.6 is 35.3 Å². The van der Waals surface area contributed by atoms with E-state index in [1.54, 1.807) is 13.2 Å². The summed E-state index contributed by atoms with van der Waals surface area (Å²) < 4.78 is 10.4. The number of carbonyl (C=O) groups is 1. The fourth-order valence-corrected chi connectivity index (χ4v) is 3.35. The zero-order valence-electron chi connectivity index (χ0n) is 16.8. The van der Waals surface area contributed by atoms with Crippen molar-refractivity contribution in [1.29, 1.82) is 0 Å². The van der Waals surface area contributed by atoms with Crippen LogP contribution in [0.2, 0.25) is 0 Å². The van der Waals surface area contributed by atoms with Crippen LogP contribution < -0.4 is 10.6 Å². The largest absolute Gasteiger partial charge is 0.469 e. The maximum absolute atomic E-state index is 12.0. The molecule has 0 amide bonds. The zero-order chi connectivity index (χ0) is 19.6. The molecule has 0 saturated heterocycles. The predicted octanol–water partition coefficient (Wildman–Crippen LogP) is 4.09. The summed E-state index contributed by atoms with van der Waals surface area (Å²) in [4.78, 5) is 21.7. The number of nitrogens with one attached hydrogen (secondary N) is 2. The van der Waals surface area contributed by atoms with E-state index in [2.05, 4.69) is 27.5 Å². The highest BCUT2D eigenvalue weighted by atomic mass is 127. The van der Waals surface area contributed by atoms with E-state index >= 15 is 0 Å². The molecular weight excluding hydrogens is 491 g/mol. The number of hydrogen-bond acceptors (Lipinski definition) is 6. The molecule has 1 atom stereocenters. The van der Waals surface area contributed by atoms with Gasteiger partial charge in [-0.1, -0.05) is 6.92 Å². The monoisotopic (exact) mass is 520 g/mol. The van der Waals surface area contributed by atoms with Crippen LogP contribution in [0.25, 0.3) is 0 Å². The summed E-state index contributed by atoms with van der Waals surface area (Å²) in [6.07, 6.45) is 3.41. The van der Waals surface area contributed by atoms with E-state index in [0.29, 0.717) is 23.7 Å². The van der Waals surface area contributed by atoms with Gasteiger partial charge in [0.15, 0.2) is 5.96 Å². The van der Waals surface area contributed by atoms with E-state index < -0.39 is 0 Å². The van der Waals surface area contributed by atoms with Crippen LogP contribution in [0.1, 0.15) is 59.4 Å². The highest BCUT2D eigenvalue weighted by Gasteiger charge is 2.20. The van der Waals surface area contributed by atoms with E-state index in [9.17, 15) is 4.79 Å². The van der Waals surface area contributed by atoms with Crippen molar-refractivity contribution in [3.63, 3.8) is 0 Å². The molecular formula is C19H29IN4O3S. The van der Waals surface area contributed by atoms with Crippen LogP contribution in [-0.4, -0.2) is 36.6 Å². The van der Waals surface area contributed by atoms with Crippen molar-refractivity contribution in [3.8, 4) is 0 Å². The molecule has 2 N–H and O–H groups in total. The van der Waals surface area contributed by atoms with Crippen molar-refractivity contribution in [2.75, 3.05) is 19.7 Å². The first-order valence-electron chi connectivity index (χ1n) is 9.26. The Kier molecular flexibility index (Phi) is 11.1. The number of esters is 1. The third kappa shape index (κ3) is 7.42. The summed E-state index contributed by atoms with van der Waals surface area (Å²) in [6, 6.07) is 3.76. The molecule has 0 aliphatic rings. The van der Waals surface area contributed by atoms with Crippen LogP contribution in [0.15, 0.2) is 27.8 Å². The van der Waals surface area contributed by atoms with Crippen molar-refractivity contribution in [2.24, 2.45) is 4.99 Å². The zero-order valence-corrected chi connectivity index (χ0v) is 19.9. The lowest BCUT2D eigenvalue weighted by Crippen LogP contribution is -2.39. The molecule has 2 rings (SSSR count). The standard InChI is InChI=1S/C19H28N4O3S.HI/c1-5-10-20-19(21-11-9-15-8-7-12-26-15)23-14(4)17-22-13(3)16(27-17)18(24)25-6-2;/h7-8,12,14H,5-6,9-11H2,1-4H3,(H2,20,21,23);1H. The summed E-state index contributed by atoms with van der Waals surface area (Å²) in [7, 11) is 0. The average Bonchev–Trinajstić information content (AvgIpc) is 3.29. The number of aliphatic imine (C=N–C) groups is 1. The smallest absolute Gasteiger partial charge is 0.350 e. The second kappa shape index (κ2) is 12.8. The molecule has 9 heteroatoms. The lowest BCUT2D eigenvalue weighted by atomic mass is 10.3. The van der Waals surface area contributed by atoms with Gasteiger partial charge < -0.3 is 19.8 Å². The SMILES string of the molecule is CCCN=C(NCCc1ccco1)NC(C)c1nc(C)c(C(=O)OCC)s1.I. The van der Waals surface area contributed by atoms with Crippen molar-refractivity contribution in [2.45, 2.75) is 46.6 Å². The lowest BCUT2D eigenvalue weighted by Gasteiger charge is -2.16. The average molecular weight is 520 g/mol. The Morgan fingerprint density at radius 3 is 2.86 bits per heavy atom. The number of thiazole rings is 1. The summed E-state index contributed by atoms with van der Waals surface area (Å²) in [5.74, 6) is 1.34. The first-order valence-corrected chi connectivity index (χ1v) is 10.1. The molecule has 0 spiro atoms. The third-order valence-electron chi connectivity index (χ3n) is 3.74. The van der Waals surface area contributed by atoms with Gasteiger partial charge in [-0.15, -0.1) is 35.3 Å². The lowest BCUT2D eigenvalue weighted by molar-refractivity contribution is 0.0531. The van der Waals surface area contributed by atoms with Gasteiger partial charge in [-0.2, -0.15) is 0 Å². The van der Waals surface area contributed by atoms with Gasteiger partial charge in [0.05, 0.1) is 24.6 Å². The number of aryl methyl sites for hydroxylation is 1. The first kappa shape index (κ1) is 24.4. The number of aromatic nitrogens is 1. The number of nitrogens with zero attached hydrogens (tertiary/aromatic N) is 2. The molecule has 0 bridgehead atoms. The molecule has 1 unspecified atom stereocenters. The van der Waals surface area contributed by atoms with Crippen LogP contribution in [0.3, 0.4) is 0 Å². The van der Waals surface area contributed by atoms with Crippen LogP contribution in [0.4, 0.5) is 0 Å². The van der Waals surface area contributed by atoms with E-state index in [4.69, 9.17) is 9.15 Å². The van der Waals surface area contributed by atoms with Gasteiger partial charge in [0, 0.05) is 19.5 Å². The van der Waals surface area contributed by atoms with Crippen molar-refractivity contribution in [1.82, 2.24) is 15.6 Å². The minimum atomic E-state index is -0.317. The second-order valence-electron chi connectivity index (χ2n) is 6.04. The molecule has 0 fully saturated rings. The number of furan rings is 1. The maximum atomic E-state index is 12.0. The van der Waals surface area contributed by atoms with Crippen molar-refractivity contribution in [3.05, 3.63) is 39.7 Å². The molecule has 7 nitrogen and oxygen atoms in total. The van der Waals surface area contributed by atoms with Crippen LogP contribution in [-0.2, 0) is 11.2 Å². The topological polar surface area (TPSA) is 88.8 Å². The van der Waals surface area contributed by atoms with Crippen molar-refractivity contribution >= 4 is 47.2 Å². The molecule has 0 aliphatic heterocycles. The Balaban J connectivity index is 0.00000392. The Morgan fingerprint density at radius 2 is 2.21 bits per heavy atom. The molecule has 28 heavy (non-hydrogen) atoms. The van der Waals surface area contributed by atoms with Crippen LogP contribution in [0, 0.1) is 6.92 Å². The molecule has 0 aliphatic carbocycles. The maximum Gasteiger partial charge on any atom is 0.350 e. The minimum absolute atomic E-state index is 0. The first-order chi connectivity index (χ1) is 13.0. The van der Waals surface area contributed by atoms with Gasteiger partial charge >= 0.3 is 5.97 Å². The van der Waals surface area contributed by atoms with Gasteiger partial charge in [-0.25, -0.2) is 9.78 Å². The second-order valence-corrected chi connectivity index (χ2v) is 7.07. The van der Waals surface area contributed by atoms with Gasteiger partial charge in [0.25, 0.3) is 0 Å². The fraction of sp³-hybridized carbons (Fsp3) is 0.526. The molecule has 0 aromatic carbocycles. The Morgan fingerprint density at radius 1 is 1.43 bits per heavy atom. The summed E-state index contributed by atoms with van der Waals surface area (Å²) in [6.45, 7) is 9.50. The van der Waals surface area contributed by atoms with E-state index in [1.165, 1.54) is 11.3 Å². The predicted molar refractivity (Wildman–Crippen MR) is 123 cm³/mol. The number of ether oxygens (including phenoxy) is 1. The molecule has 0 saturated carbocycles. The number of rotatable bonds is 9. The highest BCUT2D eigenvalue weighted by molar-refractivity contribution is 14.0. The van der Waals surface area contributed by atoms with E-state index in [-0.39, 0.29) is 36.0 Å². The Labute approximate surface area is 187 Å². The minimum Gasteiger partial charge on any atom is -0.469 e. The Bertz CT molecular complexity index is 746. The molecule has 156 valence electrons. The van der Waals surface area contributed by atoms with Gasteiger partial charge in [-0.05, 0) is 39.3 Å². The summed E-state index contributed by atoms with van der Waals surface area (Å²) in [5, 5.41) is 7.51. The van der Waals surface area contributed by atoms with Gasteiger partial charge in [-0.3, -0.25) is 4.99 Å². The molecule has 2 aromatic heterocycles. The van der Waals surface area contributed by atoms with Crippen molar-refractivity contribution < 1.29 is 13.9 Å². The number of guanidine groups is 1. The number of carbonyl (C=O) groups excluding carboxylic acids is 1. The summed E-state index contributed by atoms with van der Waals surface area (Å²) >= 11 is 1.36. The van der Waals surface area contributed by atoms with Gasteiger partial charge in [0.1, 0.15) is 15.6 Å². The summed E-state index contributed by atoms with van der Waals surface area (Å²) in [5.41, 5.74) is 0.694. The quantitative estimate of drug-likeness (QED) is 0.224. The fourth-order valence-electron chi connectivity index (χ4n) is 2.39. The Hall–Kier alpha value is -1.62. The molecule has 0 radical (unpaired) electrons. The molecule has 2 aromatic rings. The van der Waals surface area contributed by atoms with E-state index in [1.807, 2.05) is 26.0 Å². The van der Waals surface area contributed by atoms with Gasteiger partial charge in [0.2, 0.25) is 0 Å². The highest BCUT2D eigenvalue weighted by Crippen LogP contribution is 2.24. The number of hydrogen-bond donors (Lipinski definition) is 2. The van der Waals surface area contributed by atoms with Crippen LogP contribution in [0.5, 0.6) is 0 Å². The van der Waals surface area contributed by atoms with E-state index in [0.717, 1.165) is 36.1 Å². The molecule has 2 heterocycles. The third-order valence-corrected chi connectivity index (χ3v) is 5.06.